The molecule has 1 rings (SSSR count). The van der Waals surface area contributed by atoms with E-state index in [9.17, 15) is 4.79 Å². The van der Waals surface area contributed by atoms with E-state index in [0.29, 0.717) is 15.7 Å². The van der Waals surface area contributed by atoms with Crippen molar-refractivity contribution in [1.29, 1.82) is 0 Å². The fourth-order valence-corrected chi connectivity index (χ4v) is 1.29. The van der Waals surface area contributed by atoms with Crippen molar-refractivity contribution in [3.8, 4) is 0 Å². The smallest absolute Gasteiger partial charge is 0.237 e. The van der Waals surface area contributed by atoms with Crippen LogP contribution in [-0.4, -0.2) is 10.7 Å². The summed E-state index contributed by atoms with van der Waals surface area (Å²) in [6.45, 7) is 1.73. The van der Waals surface area contributed by atoms with Crippen LogP contribution in [0.1, 0.15) is 6.92 Å². The maximum atomic E-state index is 11.3. The highest BCUT2D eigenvalue weighted by Gasteiger charge is 2.11. The van der Waals surface area contributed by atoms with Crippen molar-refractivity contribution in [1.82, 2.24) is 0 Å². The molecule has 1 N–H and O–H groups in total. The van der Waals surface area contributed by atoms with Crippen LogP contribution in [0, 0.1) is 0 Å². The number of amides is 1. The maximum Gasteiger partial charge on any atom is 0.237 e. The lowest BCUT2D eigenvalue weighted by molar-refractivity contribution is -0.115. The molecule has 0 bridgehead atoms. The molecule has 0 radical (unpaired) electrons. The van der Waals surface area contributed by atoms with Gasteiger partial charge in [0.05, 0.1) is 20.6 Å². The van der Waals surface area contributed by atoms with Gasteiger partial charge in [0.25, 0.3) is 0 Å². The summed E-state index contributed by atoms with van der Waals surface area (Å²) in [5.41, 5.74) is 0.524. The Morgan fingerprint density at radius 1 is 1.50 bits per heavy atom. The second-order valence-corrected chi connectivity index (χ2v) is 4.87. The summed E-state index contributed by atoms with van der Waals surface area (Å²) in [6.07, 6.45) is 0. The average Bonchev–Trinajstić information content (AvgIpc) is 2.12. The third kappa shape index (κ3) is 2.87. The van der Waals surface area contributed by atoms with Crippen LogP contribution in [-0.2, 0) is 4.79 Å². The van der Waals surface area contributed by atoms with E-state index in [1.54, 1.807) is 25.1 Å². The average molecular weight is 297 g/mol. The van der Waals surface area contributed by atoms with Gasteiger partial charge in [-0.1, -0.05) is 45.2 Å². The van der Waals surface area contributed by atoms with Gasteiger partial charge in [-0.3, -0.25) is 4.79 Å². The number of halogens is 3. The maximum absolute atomic E-state index is 11.3. The number of alkyl halides is 1. The quantitative estimate of drug-likeness (QED) is 0.828. The molecule has 76 valence electrons. The van der Waals surface area contributed by atoms with E-state index in [0.717, 1.165) is 0 Å². The lowest BCUT2D eigenvalue weighted by atomic mass is 10.3. The Morgan fingerprint density at radius 3 is 2.71 bits per heavy atom. The summed E-state index contributed by atoms with van der Waals surface area (Å²) in [6, 6.07) is 5.08. The standard InChI is InChI=1S/C9H8BrCl2NO/c1-5(10)9(14)13-7-4-2-3-6(11)8(7)12/h2-5H,1H3,(H,13,14). The van der Waals surface area contributed by atoms with E-state index in [1.807, 2.05) is 0 Å². The number of benzene rings is 1. The van der Waals surface area contributed by atoms with Gasteiger partial charge >= 0.3 is 0 Å². The molecule has 0 aliphatic carbocycles. The molecule has 5 heteroatoms. The SMILES string of the molecule is CC(Br)C(=O)Nc1cccc(Cl)c1Cl. The Hall–Kier alpha value is -0.250. The van der Waals surface area contributed by atoms with Crippen LogP contribution in [0.4, 0.5) is 5.69 Å². The summed E-state index contributed by atoms with van der Waals surface area (Å²) >= 11 is 14.8. The van der Waals surface area contributed by atoms with Crippen molar-refractivity contribution in [3.63, 3.8) is 0 Å². The molecule has 0 spiro atoms. The van der Waals surface area contributed by atoms with E-state index in [2.05, 4.69) is 21.2 Å². The van der Waals surface area contributed by atoms with E-state index in [4.69, 9.17) is 23.2 Å². The number of hydrogen-bond acceptors (Lipinski definition) is 1. The Kier molecular flexibility index (Phi) is 4.23. The normalized spacial score (nSPS) is 12.3. The summed E-state index contributed by atoms with van der Waals surface area (Å²) < 4.78 is 0. The molecule has 0 heterocycles. The zero-order valence-corrected chi connectivity index (χ0v) is 10.4. The number of anilines is 1. The first-order valence-corrected chi connectivity index (χ1v) is 5.58. The molecule has 0 saturated heterocycles. The molecule has 0 saturated carbocycles. The van der Waals surface area contributed by atoms with Crippen molar-refractivity contribution in [2.24, 2.45) is 0 Å². The summed E-state index contributed by atoms with van der Waals surface area (Å²) in [7, 11) is 0. The molecule has 1 aromatic rings. The lowest BCUT2D eigenvalue weighted by Crippen LogP contribution is -2.20. The van der Waals surface area contributed by atoms with E-state index in [1.165, 1.54) is 0 Å². The van der Waals surface area contributed by atoms with Crippen LogP contribution < -0.4 is 5.32 Å². The first-order valence-electron chi connectivity index (χ1n) is 3.91. The monoisotopic (exact) mass is 295 g/mol. The highest BCUT2D eigenvalue weighted by molar-refractivity contribution is 9.10. The minimum atomic E-state index is -0.266. The lowest BCUT2D eigenvalue weighted by Gasteiger charge is -2.08. The highest BCUT2D eigenvalue weighted by atomic mass is 79.9. The molecule has 0 aliphatic heterocycles. The Labute approximate surface area is 101 Å². The van der Waals surface area contributed by atoms with Gasteiger partial charge in [-0.2, -0.15) is 0 Å². The number of rotatable bonds is 2. The Balaban J connectivity index is 2.87. The third-order valence-corrected chi connectivity index (χ3v) is 2.81. The van der Waals surface area contributed by atoms with Crippen molar-refractivity contribution in [2.45, 2.75) is 11.8 Å². The first kappa shape index (κ1) is 11.8. The summed E-state index contributed by atoms with van der Waals surface area (Å²) in [5, 5.41) is 3.43. The van der Waals surface area contributed by atoms with Gasteiger partial charge in [-0.15, -0.1) is 0 Å². The molecule has 0 aromatic heterocycles. The van der Waals surface area contributed by atoms with Crippen molar-refractivity contribution in [3.05, 3.63) is 28.2 Å². The highest BCUT2D eigenvalue weighted by Crippen LogP contribution is 2.29. The number of carbonyl (C=O) groups excluding carboxylic acids is 1. The molecule has 1 amide bonds. The zero-order chi connectivity index (χ0) is 10.7. The predicted molar refractivity (Wildman–Crippen MR) is 63.5 cm³/mol. The molecule has 1 aromatic carbocycles. The fraction of sp³-hybridized carbons (Fsp3) is 0.222. The van der Waals surface area contributed by atoms with Crippen LogP contribution in [0.25, 0.3) is 0 Å². The molecule has 0 fully saturated rings. The topological polar surface area (TPSA) is 29.1 Å². The second kappa shape index (κ2) is 5.01. The van der Waals surface area contributed by atoms with Gasteiger partial charge in [-0.05, 0) is 19.1 Å². The van der Waals surface area contributed by atoms with Crippen molar-refractivity contribution in [2.75, 3.05) is 5.32 Å². The van der Waals surface area contributed by atoms with Crippen LogP contribution >= 0.6 is 39.1 Å². The number of hydrogen-bond donors (Lipinski definition) is 1. The van der Waals surface area contributed by atoms with Crippen LogP contribution in [0.15, 0.2) is 18.2 Å². The van der Waals surface area contributed by atoms with Crippen LogP contribution in [0.3, 0.4) is 0 Å². The van der Waals surface area contributed by atoms with Crippen LogP contribution in [0.2, 0.25) is 10.0 Å². The van der Waals surface area contributed by atoms with E-state index >= 15 is 0 Å². The van der Waals surface area contributed by atoms with Gasteiger partial charge in [0.15, 0.2) is 0 Å². The minimum Gasteiger partial charge on any atom is -0.324 e. The predicted octanol–water partition coefficient (Wildman–Crippen LogP) is 3.72. The van der Waals surface area contributed by atoms with Crippen molar-refractivity contribution >= 4 is 50.7 Å². The largest absolute Gasteiger partial charge is 0.324 e. The van der Waals surface area contributed by atoms with E-state index in [-0.39, 0.29) is 10.7 Å². The van der Waals surface area contributed by atoms with Gasteiger partial charge in [0, 0.05) is 0 Å². The molecule has 14 heavy (non-hydrogen) atoms. The van der Waals surface area contributed by atoms with E-state index < -0.39 is 0 Å². The van der Waals surface area contributed by atoms with Gasteiger partial charge in [-0.25, -0.2) is 0 Å². The number of nitrogens with one attached hydrogen (secondary N) is 1. The first-order chi connectivity index (χ1) is 6.52. The van der Waals surface area contributed by atoms with Gasteiger partial charge < -0.3 is 5.32 Å². The third-order valence-electron chi connectivity index (χ3n) is 1.57. The Morgan fingerprint density at radius 2 is 2.14 bits per heavy atom. The summed E-state index contributed by atoms with van der Waals surface area (Å²) in [4.78, 5) is 11.0. The van der Waals surface area contributed by atoms with Gasteiger partial charge in [0.1, 0.15) is 0 Å². The van der Waals surface area contributed by atoms with Gasteiger partial charge in [0.2, 0.25) is 5.91 Å². The molecule has 2 nitrogen and oxygen atoms in total. The molecule has 0 aliphatic rings. The van der Waals surface area contributed by atoms with Crippen molar-refractivity contribution < 1.29 is 4.79 Å². The zero-order valence-electron chi connectivity index (χ0n) is 7.35. The fourth-order valence-electron chi connectivity index (χ4n) is 0.833. The molecular formula is C9H8BrCl2NO. The second-order valence-electron chi connectivity index (χ2n) is 2.71. The van der Waals surface area contributed by atoms with Crippen LogP contribution in [0.5, 0.6) is 0 Å². The molecular weight excluding hydrogens is 289 g/mol. The Bertz CT molecular complexity index is 355. The minimum absolute atomic E-state index is 0.158. The molecule has 1 atom stereocenters. The molecule has 1 unspecified atom stereocenters. The summed E-state index contributed by atoms with van der Waals surface area (Å²) in [5.74, 6) is -0.158. The number of carbonyl (C=O) groups is 1.